The third-order valence-corrected chi connectivity index (χ3v) is 13.9. The summed E-state index contributed by atoms with van der Waals surface area (Å²) >= 11 is 1.87. The van der Waals surface area contributed by atoms with Crippen LogP contribution in [0.2, 0.25) is 0 Å². The van der Waals surface area contributed by atoms with E-state index in [4.69, 9.17) is 0 Å². The second-order valence-corrected chi connectivity index (χ2v) is 17.1. The van der Waals surface area contributed by atoms with Gasteiger partial charge in [0.05, 0.1) is 5.41 Å². The van der Waals surface area contributed by atoms with E-state index in [0.29, 0.717) is 0 Å². The van der Waals surface area contributed by atoms with Gasteiger partial charge in [-0.05, 0) is 115 Å². The summed E-state index contributed by atoms with van der Waals surface area (Å²) in [7, 11) is 0. The van der Waals surface area contributed by atoms with E-state index in [2.05, 4.69) is 241 Å². The molecule has 1 nitrogen and oxygen atoms in total. The monoisotopic (exact) mass is 793 g/mol. The number of rotatable bonds is 7. The highest BCUT2D eigenvalue weighted by Crippen LogP contribution is 2.57. The predicted octanol–water partition coefficient (Wildman–Crippen LogP) is 16.4. The first-order chi connectivity index (χ1) is 30.3. The molecular weight excluding hydrogens is 755 g/mol. The number of thiophene rings is 1. The lowest BCUT2D eigenvalue weighted by atomic mass is 9.67. The van der Waals surface area contributed by atoms with Gasteiger partial charge in [-0.25, -0.2) is 0 Å². The van der Waals surface area contributed by atoms with E-state index in [0.717, 1.165) is 17.1 Å². The van der Waals surface area contributed by atoms with Crippen LogP contribution in [0, 0.1) is 0 Å². The van der Waals surface area contributed by atoms with Crippen LogP contribution in [0.25, 0.3) is 64.3 Å². The summed E-state index contributed by atoms with van der Waals surface area (Å²) in [6, 6.07) is 87.4. The quantitative estimate of drug-likeness (QED) is 0.155. The van der Waals surface area contributed by atoms with Crippen LogP contribution < -0.4 is 4.90 Å². The van der Waals surface area contributed by atoms with Gasteiger partial charge in [0.15, 0.2) is 0 Å². The zero-order valence-electron chi connectivity index (χ0n) is 33.4. The van der Waals surface area contributed by atoms with E-state index >= 15 is 0 Å². The third kappa shape index (κ3) is 5.60. The summed E-state index contributed by atoms with van der Waals surface area (Å²) in [5.74, 6) is 0. The van der Waals surface area contributed by atoms with Crippen LogP contribution in [0.1, 0.15) is 22.3 Å². The van der Waals surface area contributed by atoms with E-state index < -0.39 is 5.41 Å². The smallest absolute Gasteiger partial charge is 0.0714 e. The standard InChI is InChI=1S/C59H39NS/c1-3-19-43(20-4-1)59(44-21-5-2-6-22-44)54-29-11-9-25-51(54)52-37-36-47(39-55(52)59)60(45-34-32-41(33-35-45)49-27-14-17-40-16-7-8-24-48(40)49)46-23-13-18-42(38-46)50-28-15-31-57-58(50)53-26-10-12-30-56(53)61-57/h1-39H. The molecule has 0 saturated heterocycles. The van der Waals surface area contributed by atoms with Crippen LogP contribution in [0.5, 0.6) is 0 Å². The van der Waals surface area contributed by atoms with Crippen molar-refractivity contribution in [1.82, 2.24) is 0 Å². The molecule has 1 heterocycles. The molecule has 0 amide bonds. The van der Waals surface area contributed by atoms with E-state index in [9.17, 15) is 0 Å². The van der Waals surface area contributed by atoms with Gasteiger partial charge in [0.2, 0.25) is 0 Å². The molecule has 11 aromatic rings. The van der Waals surface area contributed by atoms with Gasteiger partial charge in [-0.3, -0.25) is 0 Å². The average Bonchev–Trinajstić information content (AvgIpc) is 3.86. The van der Waals surface area contributed by atoms with Gasteiger partial charge >= 0.3 is 0 Å². The molecule has 0 spiro atoms. The Morgan fingerprint density at radius 1 is 0.328 bits per heavy atom. The number of hydrogen-bond donors (Lipinski definition) is 0. The fourth-order valence-electron chi connectivity index (χ4n) is 10.1. The molecule has 0 N–H and O–H groups in total. The largest absolute Gasteiger partial charge is 0.310 e. The Hall–Kier alpha value is -7.52. The summed E-state index contributed by atoms with van der Waals surface area (Å²) in [5.41, 5.74) is 15.3. The zero-order chi connectivity index (χ0) is 40.3. The molecule has 12 rings (SSSR count). The molecule has 10 aromatic carbocycles. The van der Waals surface area contributed by atoms with Crippen LogP contribution >= 0.6 is 11.3 Å². The molecule has 0 atom stereocenters. The van der Waals surface area contributed by atoms with E-state index in [1.54, 1.807) is 0 Å². The first-order valence-corrected chi connectivity index (χ1v) is 21.8. The fraction of sp³-hybridized carbons (Fsp3) is 0.0169. The molecule has 1 aliphatic rings. The second-order valence-electron chi connectivity index (χ2n) is 16.0. The molecule has 0 radical (unpaired) electrons. The molecular formula is C59H39NS. The highest BCUT2D eigenvalue weighted by molar-refractivity contribution is 7.25. The first-order valence-electron chi connectivity index (χ1n) is 21.0. The first kappa shape index (κ1) is 35.4. The highest BCUT2D eigenvalue weighted by atomic mass is 32.1. The number of fused-ring (bicyclic) bond motifs is 7. The van der Waals surface area contributed by atoms with E-state index in [-0.39, 0.29) is 0 Å². The van der Waals surface area contributed by atoms with Crippen LogP contribution in [0.3, 0.4) is 0 Å². The zero-order valence-corrected chi connectivity index (χ0v) is 34.2. The van der Waals surface area contributed by atoms with Gasteiger partial charge < -0.3 is 4.90 Å². The molecule has 1 aromatic heterocycles. The maximum absolute atomic E-state index is 2.47. The molecule has 286 valence electrons. The Morgan fingerprint density at radius 2 is 0.902 bits per heavy atom. The summed E-state index contributed by atoms with van der Waals surface area (Å²) in [5, 5.41) is 5.13. The third-order valence-electron chi connectivity index (χ3n) is 12.7. The van der Waals surface area contributed by atoms with Crippen LogP contribution in [0.15, 0.2) is 237 Å². The molecule has 0 bridgehead atoms. The van der Waals surface area contributed by atoms with Gasteiger partial charge in [-0.2, -0.15) is 0 Å². The van der Waals surface area contributed by atoms with Crippen LogP contribution in [-0.4, -0.2) is 0 Å². The van der Waals surface area contributed by atoms with Crippen molar-refractivity contribution < 1.29 is 0 Å². The normalized spacial score (nSPS) is 12.7. The summed E-state index contributed by atoms with van der Waals surface area (Å²) in [6.07, 6.45) is 0. The Balaban J connectivity index is 1.08. The number of benzene rings is 10. The fourth-order valence-corrected chi connectivity index (χ4v) is 11.2. The van der Waals surface area contributed by atoms with Crippen LogP contribution in [0.4, 0.5) is 17.1 Å². The van der Waals surface area contributed by atoms with E-state index in [1.807, 2.05) is 11.3 Å². The van der Waals surface area contributed by atoms with Crippen molar-refractivity contribution in [3.05, 3.63) is 259 Å². The lowest BCUT2D eigenvalue weighted by molar-refractivity contribution is 0.768. The molecule has 0 saturated carbocycles. The predicted molar refractivity (Wildman–Crippen MR) is 260 cm³/mol. The topological polar surface area (TPSA) is 3.24 Å². The van der Waals surface area contributed by atoms with Gasteiger partial charge in [-0.1, -0.05) is 188 Å². The number of hydrogen-bond acceptors (Lipinski definition) is 2. The maximum atomic E-state index is 2.47. The Kier molecular flexibility index (Phi) is 8.33. The molecule has 61 heavy (non-hydrogen) atoms. The SMILES string of the molecule is c1ccc(C2(c3ccccc3)c3ccccc3-c3ccc(N(c4ccc(-c5cccc6ccccc56)cc4)c4cccc(-c5cccc6sc7ccccc7c56)c4)cc32)cc1. The Labute approximate surface area is 360 Å². The Morgan fingerprint density at radius 3 is 1.72 bits per heavy atom. The van der Waals surface area contributed by atoms with Gasteiger partial charge in [0.1, 0.15) is 0 Å². The molecule has 2 heteroatoms. The lowest BCUT2D eigenvalue weighted by Crippen LogP contribution is -2.28. The molecule has 0 unspecified atom stereocenters. The lowest BCUT2D eigenvalue weighted by Gasteiger charge is -2.35. The molecule has 0 aliphatic heterocycles. The Bertz CT molecular complexity index is 3370. The van der Waals surface area contributed by atoms with Crippen molar-refractivity contribution in [2.75, 3.05) is 4.90 Å². The van der Waals surface area contributed by atoms with Crippen molar-refractivity contribution in [1.29, 1.82) is 0 Å². The van der Waals surface area contributed by atoms with Crippen molar-refractivity contribution in [2.45, 2.75) is 5.41 Å². The van der Waals surface area contributed by atoms with Gasteiger partial charge in [0, 0.05) is 37.2 Å². The minimum atomic E-state index is -0.508. The van der Waals surface area contributed by atoms with Crippen LogP contribution in [-0.2, 0) is 5.41 Å². The minimum absolute atomic E-state index is 0.508. The summed E-state index contributed by atoms with van der Waals surface area (Å²) in [6.45, 7) is 0. The van der Waals surface area contributed by atoms with Gasteiger partial charge in [0.25, 0.3) is 0 Å². The molecule has 0 fully saturated rings. The van der Waals surface area contributed by atoms with Gasteiger partial charge in [-0.15, -0.1) is 11.3 Å². The number of anilines is 3. The van der Waals surface area contributed by atoms with Crippen molar-refractivity contribution in [3.63, 3.8) is 0 Å². The highest BCUT2D eigenvalue weighted by Gasteiger charge is 2.46. The summed E-state index contributed by atoms with van der Waals surface area (Å²) in [4.78, 5) is 2.45. The van der Waals surface area contributed by atoms with Crippen molar-refractivity contribution in [2.24, 2.45) is 0 Å². The maximum Gasteiger partial charge on any atom is 0.0714 e. The second kappa shape index (κ2) is 14.3. The van der Waals surface area contributed by atoms with E-state index in [1.165, 1.54) is 86.6 Å². The average molecular weight is 794 g/mol. The molecule has 1 aliphatic carbocycles. The van der Waals surface area contributed by atoms with Crippen molar-refractivity contribution >= 4 is 59.3 Å². The van der Waals surface area contributed by atoms with Crippen molar-refractivity contribution in [3.8, 4) is 33.4 Å². The summed E-state index contributed by atoms with van der Waals surface area (Å²) < 4.78 is 2.62. The number of nitrogens with zero attached hydrogens (tertiary/aromatic N) is 1. The minimum Gasteiger partial charge on any atom is -0.310 e.